The first kappa shape index (κ1) is 12.3. The Morgan fingerprint density at radius 2 is 2.33 bits per heavy atom. The van der Waals surface area contributed by atoms with Crippen molar-refractivity contribution >= 4 is 23.5 Å². The van der Waals surface area contributed by atoms with E-state index in [2.05, 4.69) is 5.32 Å². The molecule has 0 aromatic carbocycles. The zero-order chi connectivity index (χ0) is 11.3. The summed E-state index contributed by atoms with van der Waals surface area (Å²) in [4.78, 5) is 24.3. The van der Waals surface area contributed by atoms with Crippen molar-refractivity contribution in [3.63, 3.8) is 0 Å². The molecule has 1 unspecified atom stereocenters. The zero-order valence-electron chi connectivity index (χ0n) is 8.66. The minimum Gasteiger partial charge on any atom is -0.465 e. The van der Waals surface area contributed by atoms with Gasteiger partial charge in [-0.05, 0) is 6.92 Å². The van der Waals surface area contributed by atoms with E-state index in [1.165, 1.54) is 0 Å². The number of nitrogens with one attached hydrogen (secondary N) is 1. The van der Waals surface area contributed by atoms with Crippen molar-refractivity contribution in [3.05, 3.63) is 0 Å². The third kappa shape index (κ3) is 3.35. The number of esters is 1. The van der Waals surface area contributed by atoms with E-state index in [0.29, 0.717) is 26.2 Å². The topological polar surface area (TPSA) is 58.6 Å². The molecule has 1 N–H and O–H groups in total. The number of halogens is 1. The number of alkyl halides is 1. The molecule has 1 atom stereocenters. The molecule has 0 aromatic heterocycles. The molecule has 0 spiro atoms. The summed E-state index contributed by atoms with van der Waals surface area (Å²) in [5, 5.41) is 3.00. The first-order chi connectivity index (χ1) is 7.19. The van der Waals surface area contributed by atoms with Crippen molar-refractivity contribution in [2.24, 2.45) is 0 Å². The van der Waals surface area contributed by atoms with Crippen molar-refractivity contribution in [2.45, 2.75) is 13.0 Å². The van der Waals surface area contributed by atoms with E-state index >= 15 is 0 Å². The highest BCUT2D eigenvalue weighted by atomic mass is 35.5. The number of hydrogen-bond acceptors (Lipinski definition) is 4. The predicted octanol–water partition coefficient (Wildman–Crippen LogP) is -0.411. The molecule has 1 heterocycles. The first-order valence-corrected chi connectivity index (χ1v) is 5.46. The summed E-state index contributed by atoms with van der Waals surface area (Å²) in [5.41, 5.74) is 0. The van der Waals surface area contributed by atoms with Crippen LogP contribution in [-0.2, 0) is 14.3 Å². The van der Waals surface area contributed by atoms with Gasteiger partial charge >= 0.3 is 5.97 Å². The van der Waals surface area contributed by atoms with Gasteiger partial charge in [0.15, 0.2) is 0 Å². The molecule has 0 radical (unpaired) electrons. The van der Waals surface area contributed by atoms with Gasteiger partial charge in [0.1, 0.15) is 11.9 Å². The predicted molar refractivity (Wildman–Crippen MR) is 55.7 cm³/mol. The Labute approximate surface area is 93.7 Å². The van der Waals surface area contributed by atoms with Gasteiger partial charge in [-0.1, -0.05) is 0 Å². The summed E-state index contributed by atoms with van der Waals surface area (Å²) >= 11 is 5.45. The molecule has 15 heavy (non-hydrogen) atoms. The third-order valence-electron chi connectivity index (χ3n) is 2.21. The molecular weight excluding hydrogens is 220 g/mol. The summed E-state index contributed by atoms with van der Waals surface area (Å²) in [7, 11) is 0. The molecule has 0 aromatic rings. The van der Waals surface area contributed by atoms with Crippen molar-refractivity contribution in [2.75, 3.05) is 32.1 Å². The van der Waals surface area contributed by atoms with Crippen LogP contribution in [-0.4, -0.2) is 54.9 Å². The van der Waals surface area contributed by atoms with Gasteiger partial charge in [-0.15, -0.1) is 11.6 Å². The molecule has 0 aliphatic carbocycles. The van der Waals surface area contributed by atoms with Crippen molar-refractivity contribution in [1.82, 2.24) is 10.2 Å². The highest BCUT2D eigenvalue weighted by Gasteiger charge is 2.28. The van der Waals surface area contributed by atoms with E-state index in [4.69, 9.17) is 16.3 Å². The smallest absolute Gasteiger partial charge is 0.324 e. The lowest BCUT2D eigenvalue weighted by atomic mass is 10.2. The maximum Gasteiger partial charge on any atom is 0.324 e. The second kappa shape index (κ2) is 5.92. The summed E-state index contributed by atoms with van der Waals surface area (Å²) in [6.45, 7) is 3.61. The van der Waals surface area contributed by atoms with Gasteiger partial charge in [0, 0.05) is 19.6 Å². The van der Waals surface area contributed by atoms with Crippen LogP contribution in [0.3, 0.4) is 0 Å². The minimum absolute atomic E-state index is 0.0461. The standard InChI is InChI=1S/C9H15ClN2O3/c1-2-15-9(14)7-6-12(4-3-11-7)8(13)5-10/h7,11H,2-6H2,1H3. The summed E-state index contributed by atoms with van der Waals surface area (Å²) in [6.07, 6.45) is 0. The van der Waals surface area contributed by atoms with Gasteiger partial charge in [-0.25, -0.2) is 0 Å². The Balaban J connectivity index is 2.48. The maximum atomic E-state index is 11.4. The molecule has 0 bridgehead atoms. The number of carbonyl (C=O) groups is 2. The number of nitrogens with zero attached hydrogens (tertiary/aromatic N) is 1. The van der Waals surface area contributed by atoms with E-state index in [9.17, 15) is 9.59 Å². The Hall–Kier alpha value is -0.810. The number of carbonyl (C=O) groups excluding carboxylic acids is 2. The Morgan fingerprint density at radius 1 is 1.60 bits per heavy atom. The van der Waals surface area contributed by atoms with E-state index < -0.39 is 6.04 Å². The second-order valence-electron chi connectivity index (χ2n) is 3.23. The number of hydrogen-bond donors (Lipinski definition) is 1. The lowest BCUT2D eigenvalue weighted by molar-refractivity contribution is -0.147. The summed E-state index contributed by atoms with van der Waals surface area (Å²) in [6, 6.07) is -0.425. The SMILES string of the molecule is CCOC(=O)C1CN(C(=O)CCl)CCN1. The van der Waals surface area contributed by atoms with E-state index in [1.54, 1.807) is 11.8 Å². The fourth-order valence-corrected chi connectivity index (χ4v) is 1.63. The molecule has 1 aliphatic heterocycles. The third-order valence-corrected chi connectivity index (χ3v) is 2.44. The molecule has 1 fully saturated rings. The number of piperazine rings is 1. The number of rotatable bonds is 3. The largest absolute Gasteiger partial charge is 0.465 e. The fraction of sp³-hybridized carbons (Fsp3) is 0.778. The lowest BCUT2D eigenvalue weighted by Crippen LogP contribution is -2.56. The monoisotopic (exact) mass is 234 g/mol. The van der Waals surface area contributed by atoms with Gasteiger partial charge in [0.2, 0.25) is 5.91 Å². The lowest BCUT2D eigenvalue weighted by Gasteiger charge is -2.31. The van der Waals surface area contributed by atoms with Crippen LogP contribution < -0.4 is 5.32 Å². The van der Waals surface area contributed by atoms with Crippen LogP contribution in [0, 0.1) is 0 Å². The Morgan fingerprint density at radius 3 is 2.93 bits per heavy atom. The van der Waals surface area contributed by atoms with E-state index in [-0.39, 0.29) is 17.8 Å². The average Bonchev–Trinajstić information content (AvgIpc) is 2.28. The molecular formula is C9H15ClN2O3. The van der Waals surface area contributed by atoms with Crippen LogP contribution in [0.1, 0.15) is 6.92 Å². The molecule has 1 rings (SSSR count). The molecule has 6 heteroatoms. The molecule has 5 nitrogen and oxygen atoms in total. The van der Waals surface area contributed by atoms with E-state index in [1.807, 2.05) is 0 Å². The Kier molecular flexibility index (Phi) is 4.84. The maximum absolute atomic E-state index is 11.4. The average molecular weight is 235 g/mol. The molecule has 86 valence electrons. The van der Waals surface area contributed by atoms with E-state index in [0.717, 1.165) is 0 Å². The van der Waals surface area contributed by atoms with Gasteiger partial charge in [-0.3, -0.25) is 9.59 Å². The van der Waals surface area contributed by atoms with Gasteiger partial charge in [0.25, 0.3) is 0 Å². The highest BCUT2D eigenvalue weighted by molar-refractivity contribution is 6.27. The second-order valence-corrected chi connectivity index (χ2v) is 3.50. The van der Waals surface area contributed by atoms with Crippen LogP contribution in [0.15, 0.2) is 0 Å². The molecule has 1 aliphatic rings. The quantitative estimate of drug-likeness (QED) is 0.533. The van der Waals surface area contributed by atoms with Gasteiger partial charge in [0.05, 0.1) is 6.61 Å². The molecule has 1 saturated heterocycles. The number of amides is 1. The molecule has 1 amide bonds. The van der Waals surface area contributed by atoms with Crippen molar-refractivity contribution < 1.29 is 14.3 Å². The minimum atomic E-state index is -0.425. The zero-order valence-corrected chi connectivity index (χ0v) is 9.42. The summed E-state index contributed by atoms with van der Waals surface area (Å²) < 4.78 is 4.87. The van der Waals surface area contributed by atoms with Crippen LogP contribution in [0.4, 0.5) is 0 Å². The fourth-order valence-electron chi connectivity index (χ4n) is 1.46. The van der Waals surface area contributed by atoms with Crippen molar-refractivity contribution in [3.8, 4) is 0 Å². The van der Waals surface area contributed by atoms with Crippen LogP contribution >= 0.6 is 11.6 Å². The van der Waals surface area contributed by atoms with Gasteiger partial charge < -0.3 is 15.0 Å². The molecule has 0 saturated carbocycles. The Bertz CT molecular complexity index is 248. The van der Waals surface area contributed by atoms with Gasteiger partial charge in [-0.2, -0.15) is 0 Å². The van der Waals surface area contributed by atoms with Crippen LogP contribution in [0.5, 0.6) is 0 Å². The normalized spacial score (nSPS) is 21.2. The first-order valence-electron chi connectivity index (χ1n) is 4.92. The van der Waals surface area contributed by atoms with Crippen LogP contribution in [0.25, 0.3) is 0 Å². The van der Waals surface area contributed by atoms with Crippen molar-refractivity contribution in [1.29, 1.82) is 0 Å². The highest BCUT2D eigenvalue weighted by Crippen LogP contribution is 2.02. The number of ether oxygens (including phenoxy) is 1. The summed E-state index contributed by atoms with van der Waals surface area (Å²) in [5.74, 6) is -0.507. The van der Waals surface area contributed by atoms with Crippen LogP contribution in [0.2, 0.25) is 0 Å².